The Morgan fingerprint density at radius 3 is 2.16 bits per heavy atom. The second kappa shape index (κ2) is 32.7. The molecule has 0 bridgehead atoms. The van der Waals surface area contributed by atoms with Gasteiger partial charge < -0.3 is 29.9 Å². The van der Waals surface area contributed by atoms with Crippen LogP contribution in [0, 0.1) is 0 Å². The van der Waals surface area contributed by atoms with Gasteiger partial charge in [-0.15, -0.1) is 16.9 Å². The highest BCUT2D eigenvalue weighted by molar-refractivity contribution is 8.08. The number of nitrogens with zero attached hydrogens (tertiary/aromatic N) is 7. The first-order valence-electron chi connectivity index (χ1n) is 18.8. The van der Waals surface area contributed by atoms with Crippen molar-refractivity contribution in [2.45, 2.75) is 89.0 Å². The van der Waals surface area contributed by atoms with E-state index in [4.69, 9.17) is 15.2 Å². The Balaban J connectivity index is 0. The Labute approximate surface area is 315 Å². The van der Waals surface area contributed by atoms with Gasteiger partial charge in [-0.3, -0.25) is 9.79 Å². The van der Waals surface area contributed by atoms with Crippen molar-refractivity contribution in [1.29, 1.82) is 0 Å². The highest BCUT2D eigenvalue weighted by Crippen LogP contribution is 2.29. The van der Waals surface area contributed by atoms with Gasteiger partial charge in [-0.05, 0) is 64.9 Å². The van der Waals surface area contributed by atoms with Crippen LogP contribution in [-0.4, -0.2) is 120 Å². The number of carbonyl (C=O) groups is 1. The summed E-state index contributed by atoms with van der Waals surface area (Å²) in [4.78, 5) is 28.3. The van der Waals surface area contributed by atoms with Gasteiger partial charge in [-0.1, -0.05) is 72.8 Å². The maximum atomic E-state index is 11.9. The summed E-state index contributed by atoms with van der Waals surface area (Å²) in [5.74, 6) is 3.03. The smallest absolute Gasteiger partial charge is 0.223 e. The summed E-state index contributed by atoms with van der Waals surface area (Å²) >= 11 is 1.65. The van der Waals surface area contributed by atoms with E-state index >= 15 is 0 Å². The quantitative estimate of drug-likeness (QED) is 0.0722. The van der Waals surface area contributed by atoms with E-state index in [1.165, 1.54) is 57.3 Å². The van der Waals surface area contributed by atoms with Crippen LogP contribution in [0.15, 0.2) is 53.3 Å². The van der Waals surface area contributed by atoms with E-state index in [1.807, 2.05) is 78.8 Å². The number of methoxy groups -OCH3 is 1. The van der Waals surface area contributed by atoms with Gasteiger partial charge in [-0.2, -0.15) is 4.68 Å². The van der Waals surface area contributed by atoms with Crippen molar-refractivity contribution in [3.05, 3.63) is 59.9 Å². The molecule has 1 aromatic rings. The van der Waals surface area contributed by atoms with Gasteiger partial charge in [0.2, 0.25) is 11.9 Å². The largest absolute Gasteiger partial charge is 0.492 e. The summed E-state index contributed by atoms with van der Waals surface area (Å²) in [6, 6.07) is 0. The SMILES string of the molecule is C/C=C(/c1nc(C2=CC=CCS2)nn1C(N)=NC)N(CC)C(C)=O.C/C=C\C(=C/CC)OCCOC.CC.CC.CCCN1CCN(CC)CC1. The highest BCUT2D eigenvalue weighted by atomic mass is 32.2. The van der Waals surface area contributed by atoms with Crippen LogP contribution in [0.25, 0.3) is 10.6 Å². The van der Waals surface area contributed by atoms with Crippen LogP contribution in [0.1, 0.15) is 101 Å². The van der Waals surface area contributed by atoms with Gasteiger partial charge >= 0.3 is 0 Å². The summed E-state index contributed by atoms with van der Waals surface area (Å²) in [5.41, 5.74) is 6.65. The molecule has 1 aromatic heterocycles. The van der Waals surface area contributed by atoms with Crippen molar-refractivity contribution in [2.24, 2.45) is 10.7 Å². The zero-order valence-corrected chi connectivity index (χ0v) is 35.2. The number of amides is 1. The maximum Gasteiger partial charge on any atom is 0.223 e. The van der Waals surface area contributed by atoms with Crippen LogP contribution in [0.4, 0.5) is 0 Å². The molecule has 11 nitrogen and oxygen atoms in total. The number of hydrogen-bond acceptors (Lipinski definition) is 9. The van der Waals surface area contributed by atoms with E-state index in [1.54, 1.807) is 30.8 Å². The lowest BCUT2D eigenvalue weighted by Gasteiger charge is -2.33. The van der Waals surface area contributed by atoms with Crippen molar-refractivity contribution in [1.82, 2.24) is 29.5 Å². The third kappa shape index (κ3) is 19.9. The number of likely N-dealkylation sites (N-methyl/N-ethyl adjacent to an activating group) is 1. The second-order valence-corrected chi connectivity index (χ2v) is 11.7. The molecule has 2 aliphatic heterocycles. The summed E-state index contributed by atoms with van der Waals surface area (Å²) in [6.07, 6.45) is 16.1. The first kappa shape index (κ1) is 49.9. The fourth-order valence-corrected chi connectivity index (χ4v) is 5.55. The molecule has 0 atom stereocenters. The molecular weight excluding hydrogens is 661 g/mol. The number of nitrogens with two attached hydrogens (primary N) is 1. The lowest BCUT2D eigenvalue weighted by Crippen LogP contribution is -2.46. The Hall–Kier alpha value is -3.19. The lowest BCUT2D eigenvalue weighted by atomic mass is 10.3. The molecule has 1 fully saturated rings. The van der Waals surface area contributed by atoms with Gasteiger partial charge in [0.1, 0.15) is 12.4 Å². The molecule has 2 aliphatic rings. The van der Waals surface area contributed by atoms with Crippen molar-refractivity contribution in [2.75, 3.05) is 78.9 Å². The van der Waals surface area contributed by atoms with Crippen molar-refractivity contribution in [3.63, 3.8) is 0 Å². The van der Waals surface area contributed by atoms with E-state index in [0.717, 1.165) is 22.8 Å². The van der Waals surface area contributed by atoms with Crippen LogP contribution < -0.4 is 5.73 Å². The molecule has 0 spiro atoms. The van der Waals surface area contributed by atoms with E-state index in [9.17, 15) is 4.79 Å². The highest BCUT2D eigenvalue weighted by Gasteiger charge is 2.23. The van der Waals surface area contributed by atoms with Crippen LogP contribution in [-0.2, 0) is 14.3 Å². The Kier molecular flexibility index (Phi) is 32.0. The monoisotopic (exact) mass is 733 g/mol. The zero-order valence-electron chi connectivity index (χ0n) is 34.4. The normalized spacial score (nSPS) is 15.2. The minimum Gasteiger partial charge on any atom is -0.492 e. The Morgan fingerprint density at radius 2 is 1.71 bits per heavy atom. The van der Waals surface area contributed by atoms with Gasteiger partial charge in [0, 0.05) is 59.6 Å². The Bertz CT molecular complexity index is 1230. The number of allylic oxidation sites excluding steroid dienone is 6. The fourth-order valence-electron chi connectivity index (χ4n) is 4.77. The second-order valence-electron chi connectivity index (χ2n) is 10.6. The molecule has 292 valence electrons. The molecule has 1 amide bonds. The van der Waals surface area contributed by atoms with Gasteiger partial charge in [0.15, 0.2) is 11.6 Å². The van der Waals surface area contributed by atoms with Gasteiger partial charge in [0.05, 0.1) is 17.2 Å². The lowest BCUT2D eigenvalue weighted by molar-refractivity contribution is -0.125. The summed E-state index contributed by atoms with van der Waals surface area (Å²) < 4.78 is 11.8. The molecule has 12 heteroatoms. The minimum absolute atomic E-state index is 0.0668. The van der Waals surface area contributed by atoms with E-state index < -0.39 is 0 Å². The first-order chi connectivity index (χ1) is 24.7. The predicted octanol–water partition coefficient (Wildman–Crippen LogP) is 7.55. The van der Waals surface area contributed by atoms with Gasteiger partial charge in [0.25, 0.3) is 0 Å². The number of thioether (sulfide) groups is 1. The zero-order chi connectivity index (χ0) is 39.0. The molecule has 3 rings (SSSR count). The topological polar surface area (TPSA) is 114 Å². The van der Waals surface area contributed by atoms with Crippen molar-refractivity contribution >= 4 is 34.2 Å². The average molecular weight is 733 g/mol. The number of piperazine rings is 1. The summed E-state index contributed by atoms with van der Waals surface area (Å²) in [5, 5.41) is 4.50. The van der Waals surface area contributed by atoms with Crippen LogP contribution in [0.2, 0.25) is 0 Å². The summed E-state index contributed by atoms with van der Waals surface area (Å²) in [7, 11) is 3.26. The minimum atomic E-state index is -0.0668. The average Bonchev–Trinajstić information content (AvgIpc) is 3.62. The molecule has 0 radical (unpaired) electrons. The van der Waals surface area contributed by atoms with Crippen LogP contribution in [0.5, 0.6) is 0 Å². The number of aliphatic imine (C=N–C) groups is 1. The maximum absolute atomic E-state index is 11.9. The number of rotatable bonds is 13. The van der Waals surface area contributed by atoms with Crippen molar-refractivity contribution < 1.29 is 14.3 Å². The van der Waals surface area contributed by atoms with Crippen LogP contribution in [0.3, 0.4) is 0 Å². The van der Waals surface area contributed by atoms with Crippen LogP contribution >= 0.6 is 11.8 Å². The molecule has 0 unspecified atom stereocenters. The molecule has 51 heavy (non-hydrogen) atoms. The molecule has 3 heterocycles. The number of carbonyl (C=O) groups excluding carboxylic acids is 1. The standard InChI is InChI=1S/C16H22N6OS.C10H18O2.C9H20N2.2C2H6/c1-5-12(21(6-2)11(3)23)15-19-14(13-9-7-8-10-24-13)20-22(15)16(17)18-4;1-4-6-10(7-5-2)12-9-8-11-3;1-3-5-11-8-6-10(4-2)7-9-11;2*1-2/h5,7-9H,6,10H2,1-4H3,(H2,17,18);4,6-7H,5,8-9H2,1-3H3;3-9H2,1-2H3;2*1-2H3/b12-5-;6-4-,10-7+;;;. The third-order valence-corrected chi connectivity index (χ3v) is 8.22. The molecule has 2 N–H and O–H groups in total. The number of hydrogen-bond donors (Lipinski definition) is 1. The summed E-state index contributed by atoms with van der Waals surface area (Å²) in [6.45, 7) is 31.3. The van der Waals surface area contributed by atoms with E-state index in [-0.39, 0.29) is 11.9 Å². The molecule has 0 aromatic carbocycles. The van der Waals surface area contributed by atoms with Gasteiger partial charge in [-0.25, -0.2) is 4.98 Å². The van der Waals surface area contributed by atoms with E-state index in [0.29, 0.717) is 37.1 Å². The fraction of sp³-hybridized carbons (Fsp3) is 0.641. The molecule has 0 saturated carbocycles. The van der Waals surface area contributed by atoms with E-state index in [2.05, 4.69) is 57.8 Å². The number of ether oxygens (including phenoxy) is 2. The predicted molar refractivity (Wildman–Crippen MR) is 222 cm³/mol. The molecule has 0 aliphatic carbocycles. The third-order valence-electron chi connectivity index (χ3n) is 7.23. The Morgan fingerprint density at radius 1 is 1.06 bits per heavy atom. The molecule has 1 saturated heterocycles. The first-order valence-corrected chi connectivity index (χ1v) is 19.8. The van der Waals surface area contributed by atoms with Crippen molar-refractivity contribution in [3.8, 4) is 0 Å². The molecular formula is C39H72N8O3S. The number of aromatic nitrogens is 3.